The molecule has 136 valence electrons. The maximum absolute atomic E-state index is 12.8. The van der Waals surface area contributed by atoms with E-state index in [2.05, 4.69) is 5.32 Å². The Bertz CT molecular complexity index is 496. The summed E-state index contributed by atoms with van der Waals surface area (Å²) in [6.07, 6.45) is 2.47. The Kier molecular flexibility index (Phi) is 6.04. The number of hydrogen-bond donors (Lipinski definition) is 1. The Morgan fingerprint density at radius 3 is 2.71 bits per heavy atom. The van der Waals surface area contributed by atoms with Crippen molar-refractivity contribution in [1.29, 1.82) is 0 Å². The lowest BCUT2D eigenvalue weighted by Crippen LogP contribution is -2.51. The smallest absolute Gasteiger partial charge is 0.317 e. The van der Waals surface area contributed by atoms with Crippen LogP contribution in [0.3, 0.4) is 0 Å². The molecule has 0 aromatic heterocycles. The fraction of sp³-hybridized carbons (Fsp3) is 0.812. The van der Waals surface area contributed by atoms with Crippen molar-refractivity contribution in [2.75, 3.05) is 60.5 Å². The molecule has 0 aromatic carbocycles. The summed E-state index contributed by atoms with van der Waals surface area (Å²) in [5, 5.41) is 2.58. The van der Waals surface area contributed by atoms with E-state index in [1.807, 2.05) is 4.90 Å². The van der Waals surface area contributed by atoms with E-state index in [0.29, 0.717) is 32.7 Å². The lowest BCUT2D eigenvalue weighted by molar-refractivity contribution is -0.146. The third kappa shape index (κ3) is 3.98. The highest BCUT2D eigenvalue weighted by atomic mass is 16.5. The quantitative estimate of drug-likeness (QED) is 0.748. The molecule has 2 saturated heterocycles. The Morgan fingerprint density at radius 1 is 1.29 bits per heavy atom. The zero-order valence-corrected chi connectivity index (χ0v) is 14.8. The molecular weight excluding hydrogens is 312 g/mol. The first kappa shape index (κ1) is 18.5. The molecular formula is C16H28N4O4. The zero-order chi connectivity index (χ0) is 17.7. The van der Waals surface area contributed by atoms with Gasteiger partial charge < -0.3 is 24.8 Å². The zero-order valence-electron chi connectivity index (χ0n) is 14.8. The first-order valence-electron chi connectivity index (χ1n) is 8.41. The van der Waals surface area contributed by atoms with Gasteiger partial charge in [0.05, 0.1) is 18.6 Å². The number of ether oxygens (including phenoxy) is 1. The number of carbonyl (C=O) groups excluding carboxylic acids is 3. The predicted molar refractivity (Wildman–Crippen MR) is 88.4 cm³/mol. The molecule has 2 heterocycles. The second-order valence-corrected chi connectivity index (χ2v) is 6.79. The monoisotopic (exact) mass is 340 g/mol. The molecule has 1 atom stereocenters. The average Bonchev–Trinajstić information content (AvgIpc) is 2.99. The van der Waals surface area contributed by atoms with Gasteiger partial charge in [0.1, 0.15) is 0 Å². The Hall–Kier alpha value is -1.83. The van der Waals surface area contributed by atoms with Crippen molar-refractivity contribution >= 4 is 17.8 Å². The fourth-order valence-corrected chi connectivity index (χ4v) is 3.45. The number of methoxy groups -OCH3 is 1. The number of hydrogen-bond acceptors (Lipinski definition) is 4. The van der Waals surface area contributed by atoms with E-state index in [0.717, 1.165) is 19.4 Å². The van der Waals surface area contributed by atoms with Crippen LogP contribution in [0.5, 0.6) is 0 Å². The Morgan fingerprint density at radius 2 is 2.04 bits per heavy atom. The highest BCUT2D eigenvalue weighted by Gasteiger charge is 2.49. The van der Waals surface area contributed by atoms with Crippen LogP contribution in [-0.2, 0) is 14.3 Å². The molecule has 8 nitrogen and oxygen atoms in total. The topological polar surface area (TPSA) is 82.2 Å². The number of likely N-dealkylation sites (tertiary alicyclic amines) is 2. The summed E-state index contributed by atoms with van der Waals surface area (Å²) in [5.74, 6) is 0.00215. The number of urea groups is 1. The maximum atomic E-state index is 12.8. The van der Waals surface area contributed by atoms with Crippen molar-refractivity contribution in [2.24, 2.45) is 5.41 Å². The van der Waals surface area contributed by atoms with Gasteiger partial charge in [-0.25, -0.2) is 4.79 Å². The molecule has 2 aliphatic heterocycles. The van der Waals surface area contributed by atoms with Gasteiger partial charge >= 0.3 is 6.03 Å². The van der Waals surface area contributed by atoms with Gasteiger partial charge in [0.2, 0.25) is 11.8 Å². The van der Waals surface area contributed by atoms with Crippen LogP contribution in [0.2, 0.25) is 0 Å². The number of nitrogens with zero attached hydrogens (tertiary/aromatic N) is 3. The molecule has 0 aromatic rings. The van der Waals surface area contributed by atoms with E-state index < -0.39 is 5.41 Å². The molecule has 4 amide bonds. The molecule has 0 saturated carbocycles. The first-order valence-corrected chi connectivity index (χ1v) is 8.41. The molecule has 1 N–H and O–H groups in total. The second kappa shape index (κ2) is 7.83. The summed E-state index contributed by atoms with van der Waals surface area (Å²) in [6.45, 7) is 2.88. The number of piperidine rings is 1. The van der Waals surface area contributed by atoms with Crippen LogP contribution in [0.1, 0.15) is 19.3 Å². The van der Waals surface area contributed by atoms with Gasteiger partial charge in [-0.3, -0.25) is 9.59 Å². The van der Waals surface area contributed by atoms with Gasteiger partial charge in [-0.05, 0) is 19.3 Å². The van der Waals surface area contributed by atoms with Crippen molar-refractivity contribution in [3.8, 4) is 0 Å². The van der Waals surface area contributed by atoms with Crippen molar-refractivity contribution < 1.29 is 19.1 Å². The Balaban J connectivity index is 1.91. The van der Waals surface area contributed by atoms with Crippen molar-refractivity contribution in [3.63, 3.8) is 0 Å². The van der Waals surface area contributed by atoms with Gasteiger partial charge in [0.15, 0.2) is 0 Å². The van der Waals surface area contributed by atoms with Gasteiger partial charge in [0, 0.05) is 47.4 Å². The maximum Gasteiger partial charge on any atom is 0.317 e. The minimum Gasteiger partial charge on any atom is -0.383 e. The summed E-state index contributed by atoms with van der Waals surface area (Å²) in [7, 11) is 4.88. The van der Waals surface area contributed by atoms with Crippen LogP contribution in [0.4, 0.5) is 4.79 Å². The molecule has 2 fully saturated rings. The molecule has 2 rings (SSSR count). The predicted octanol–water partition coefficient (Wildman–Crippen LogP) is -0.255. The largest absolute Gasteiger partial charge is 0.383 e. The number of carbonyl (C=O) groups is 3. The van der Waals surface area contributed by atoms with Crippen molar-refractivity contribution in [2.45, 2.75) is 19.3 Å². The summed E-state index contributed by atoms with van der Waals surface area (Å²) < 4.78 is 5.07. The molecule has 0 bridgehead atoms. The van der Waals surface area contributed by atoms with E-state index in [9.17, 15) is 14.4 Å². The van der Waals surface area contributed by atoms with E-state index in [1.165, 1.54) is 4.90 Å². The molecule has 2 aliphatic rings. The van der Waals surface area contributed by atoms with E-state index in [1.54, 1.807) is 26.1 Å². The van der Waals surface area contributed by atoms with Crippen LogP contribution >= 0.6 is 0 Å². The van der Waals surface area contributed by atoms with E-state index >= 15 is 0 Å². The summed E-state index contributed by atoms with van der Waals surface area (Å²) in [5.41, 5.74) is -0.451. The SMILES string of the molecule is COCCN1CCC[C@@]2(CCN(C(=O)CNC(=O)N(C)C)C2)C1=O. The molecule has 8 heteroatoms. The van der Waals surface area contributed by atoms with Gasteiger partial charge in [-0.2, -0.15) is 0 Å². The lowest BCUT2D eigenvalue weighted by Gasteiger charge is -2.39. The highest BCUT2D eigenvalue weighted by Crippen LogP contribution is 2.39. The third-order valence-electron chi connectivity index (χ3n) is 4.89. The standard InChI is InChI=1S/C16H28N4O4/c1-18(2)15(23)17-11-13(21)20-8-6-16(12-20)5-4-7-19(14(16)22)9-10-24-3/h4-12H2,1-3H3,(H,17,23)/t16-/m0/s1. The van der Waals surface area contributed by atoms with E-state index in [4.69, 9.17) is 4.74 Å². The van der Waals surface area contributed by atoms with Crippen LogP contribution < -0.4 is 5.32 Å². The van der Waals surface area contributed by atoms with Gasteiger partial charge in [-0.15, -0.1) is 0 Å². The molecule has 0 aliphatic carbocycles. The Labute approximate surface area is 143 Å². The highest BCUT2D eigenvalue weighted by molar-refractivity contribution is 5.87. The minimum absolute atomic E-state index is 0.0331. The van der Waals surface area contributed by atoms with Gasteiger partial charge in [0.25, 0.3) is 0 Å². The van der Waals surface area contributed by atoms with Crippen molar-refractivity contribution in [3.05, 3.63) is 0 Å². The van der Waals surface area contributed by atoms with Gasteiger partial charge in [-0.1, -0.05) is 0 Å². The third-order valence-corrected chi connectivity index (χ3v) is 4.89. The summed E-state index contributed by atoms with van der Waals surface area (Å²) in [6, 6.07) is -0.295. The van der Waals surface area contributed by atoms with Crippen LogP contribution in [-0.4, -0.2) is 93.1 Å². The normalized spacial score (nSPS) is 23.7. The second-order valence-electron chi connectivity index (χ2n) is 6.79. The lowest BCUT2D eigenvalue weighted by atomic mass is 9.78. The van der Waals surface area contributed by atoms with Crippen molar-refractivity contribution in [1.82, 2.24) is 20.0 Å². The molecule has 0 radical (unpaired) electrons. The first-order chi connectivity index (χ1) is 11.4. The average molecular weight is 340 g/mol. The summed E-state index contributed by atoms with van der Waals surface area (Å²) >= 11 is 0. The molecule has 0 unspecified atom stereocenters. The van der Waals surface area contributed by atoms with Crippen LogP contribution in [0.15, 0.2) is 0 Å². The minimum atomic E-state index is -0.451. The molecule has 1 spiro atoms. The number of nitrogens with one attached hydrogen (secondary N) is 1. The summed E-state index contributed by atoms with van der Waals surface area (Å²) in [4.78, 5) is 41.6. The number of amides is 4. The molecule has 24 heavy (non-hydrogen) atoms. The van der Waals surface area contributed by atoms with Crippen LogP contribution in [0, 0.1) is 5.41 Å². The van der Waals surface area contributed by atoms with Crippen LogP contribution in [0.25, 0.3) is 0 Å². The van der Waals surface area contributed by atoms with E-state index in [-0.39, 0.29) is 24.4 Å². The number of rotatable bonds is 5. The fourth-order valence-electron chi connectivity index (χ4n) is 3.45.